The molecule has 0 atom stereocenters. The second kappa shape index (κ2) is 6.49. The highest BCUT2D eigenvalue weighted by Gasteiger charge is 2.12. The molecule has 28 heavy (non-hydrogen) atoms. The lowest BCUT2D eigenvalue weighted by Gasteiger charge is -2.07. The van der Waals surface area contributed by atoms with Gasteiger partial charge in [0.2, 0.25) is 0 Å². The van der Waals surface area contributed by atoms with Crippen LogP contribution < -0.4 is 5.56 Å². The number of benzene rings is 2. The first-order valence-corrected chi connectivity index (χ1v) is 9.27. The van der Waals surface area contributed by atoms with Crippen molar-refractivity contribution < 1.29 is 0 Å². The molecule has 0 saturated heterocycles. The average molecular weight is 369 g/mol. The lowest BCUT2D eigenvalue weighted by Crippen LogP contribution is -2.13. The van der Waals surface area contributed by atoms with Crippen LogP contribution in [0.15, 0.2) is 65.7 Å². The Kier molecular flexibility index (Phi) is 3.83. The topological polar surface area (TPSA) is 79.4 Å². The molecule has 3 aromatic heterocycles. The lowest BCUT2D eigenvalue weighted by atomic mass is 10.1. The summed E-state index contributed by atoms with van der Waals surface area (Å²) in [6.45, 7) is 2.74. The second-order valence-corrected chi connectivity index (χ2v) is 6.95. The van der Waals surface area contributed by atoms with Gasteiger partial charge in [-0.15, -0.1) is 0 Å². The molecule has 3 heterocycles. The third-order valence-electron chi connectivity index (χ3n) is 5.06. The molecule has 5 rings (SSSR count). The maximum atomic E-state index is 12.6. The molecule has 6 heteroatoms. The van der Waals surface area contributed by atoms with E-state index in [1.54, 1.807) is 6.20 Å². The van der Waals surface area contributed by atoms with Gasteiger partial charge in [0.15, 0.2) is 0 Å². The molecule has 0 saturated carbocycles. The predicted molar refractivity (Wildman–Crippen MR) is 110 cm³/mol. The Morgan fingerprint density at radius 1 is 1.04 bits per heavy atom. The number of aryl methyl sites for hydroxylation is 3. The van der Waals surface area contributed by atoms with E-state index in [0.717, 1.165) is 39.7 Å². The molecule has 2 N–H and O–H groups in total. The molecule has 0 aliphatic rings. The summed E-state index contributed by atoms with van der Waals surface area (Å²) in [5.41, 5.74) is 4.48. The van der Waals surface area contributed by atoms with Gasteiger partial charge < -0.3 is 14.5 Å². The first kappa shape index (κ1) is 16.5. The molecule has 2 aromatic carbocycles. The molecular formula is C22H19N5O. The minimum atomic E-state index is -0.134. The quantitative estimate of drug-likeness (QED) is 0.505. The molecule has 0 unspecified atom stereocenters. The number of imidazole rings is 2. The zero-order valence-corrected chi connectivity index (χ0v) is 15.4. The van der Waals surface area contributed by atoms with Crippen molar-refractivity contribution in [1.29, 1.82) is 0 Å². The van der Waals surface area contributed by atoms with Crippen LogP contribution in [0.3, 0.4) is 0 Å². The van der Waals surface area contributed by atoms with Gasteiger partial charge in [-0.3, -0.25) is 4.79 Å². The first-order chi connectivity index (χ1) is 13.7. The maximum absolute atomic E-state index is 12.6. The number of hydrogen-bond donors (Lipinski definition) is 2. The number of H-pyrrole nitrogens is 2. The molecule has 0 amide bonds. The molecule has 138 valence electrons. The maximum Gasteiger partial charge on any atom is 0.259 e. The van der Waals surface area contributed by atoms with Crippen molar-refractivity contribution >= 4 is 21.9 Å². The molecule has 0 spiro atoms. The highest BCUT2D eigenvalue weighted by molar-refractivity contribution is 5.82. The summed E-state index contributed by atoms with van der Waals surface area (Å²) >= 11 is 0. The van der Waals surface area contributed by atoms with Gasteiger partial charge in [-0.05, 0) is 36.1 Å². The third-order valence-corrected chi connectivity index (χ3v) is 5.06. The monoisotopic (exact) mass is 369 g/mol. The Balaban J connectivity index is 1.47. The number of pyridine rings is 1. The van der Waals surface area contributed by atoms with E-state index in [2.05, 4.69) is 27.9 Å². The fraction of sp³-hybridized carbons (Fsp3) is 0.136. The number of para-hydroxylation sites is 2. The number of aromatic nitrogens is 5. The summed E-state index contributed by atoms with van der Waals surface area (Å²) in [6, 6.07) is 15.8. The minimum absolute atomic E-state index is 0.134. The van der Waals surface area contributed by atoms with Crippen LogP contribution in [-0.2, 0) is 13.0 Å². The summed E-state index contributed by atoms with van der Waals surface area (Å²) in [6.07, 6.45) is 4.35. The average Bonchev–Trinajstić information content (AvgIpc) is 3.33. The van der Waals surface area contributed by atoms with Crippen LogP contribution in [0.1, 0.15) is 11.4 Å². The van der Waals surface area contributed by atoms with Crippen molar-refractivity contribution in [3.63, 3.8) is 0 Å². The highest BCUT2D eigenvalue weighted by atomic mass is 16.1. The number of nitrogens with one attached hydrogen (secondary N) is 2. The number of nitrogens with zero attached hydrogens (tertiary/aromatic N) is 3. The van der Waals surface area contributed by atoms with Gasteiger partial charge >= 0.3 is 0 Å². The summed E-state index contributed by atoms with van der Waals surface area (Å²) < 4.78 is 2.00. The summed E-state index contributed by atoms with van der Waals surface area (Å²) in [5, 5.41) is 0.986. The van der Waals surface area contributed by atoms with E-state index >= 15 is 0 Å². The molecule has 0 aliphatic heterocycles. The Hall–Kier alpha value is -3.67. The lowest BCUT2D eigenvalue weighted by molar-refractivity contribution is 0.683. The van der Waals surface area contributed by atoms with Gasteiger partial charge in [0.05, 0.1) is 16.6 Å². The van der Waals surface area contributed by atoms with Gasteiger partial charge in [0.25, 0.3) is 5.56 Å². The van der Waals surface area contributed by atoms with Crippen LogP contribution in [0, 0.1) is 6.92 Å². The van der Waals surface area contributed by atoms with Crippen LogP contribution in [0.25, 0.3) is 33.3 Å². The van der Waals surface area contributed by atoms with Crippen molar-refractivity contribution in [2.45, 2.75) is 19.9 Å². The van der Waals surface area contributed by atoms with E-state index in [9.17, 15) is 4.79 Å². The van der Waals surface area contributed by atoms with Gasteiger partial charge in [-0.25, -0.2) is 9.97 Å². The molecule has 6 nitrogen and oxygen atoms in total. The second-order valence-electron chi connectivity index (χ2n) is 6.95. The van der Waals surface area contributed by atoms with E-state index < -0.39 is 0 Å². The summed E-state index contributed by atoms with van der Waals surface area (Å²) in [4.78, 5) is 28.1. The van der Waals surface area contributed by atoms with Gasteiger partial charge in [-0.2, -0.15) is 0 Å². The Bertz CT molecular complexity index is 1360. The van der Waals surface area contributed by atoms with Crippen molar-refractivity contribution in [3.05, 3.63) is 82.7 Å². The standard InChI is InChI=1S/C22H19N5O/c1-14-5-4-8-18-20(14)26-19(24-18)9-11-27-12-10-23-21(27)16-13-15-6-2-3-7-17(15)25-22(16)28/h2-8,10,12-13H,9,11H2,1H3,(H,24,26)(H,25,28). The number of rotatable bonds is 4. The zero-order chi connectivity index (χ0) is 19.1. The Labute approximate surface area is 160 Å². The smallest absolute Gasteiger partial charge is 0.259 e. The van der Waals surface area contributed by atoms with Crippen LogP contribution in [0.4, 0.5) is 0 Å². The highest BCUT2D eigenvalue weighted by Crippen LogP contribution is 2.20. The third kappa shape index (κ3) is 2.79. The fourth-order valence-corrected chi connectivity index (χ4v) is 3.62. The van der Waals surface area contributed by atoms with Gasteiger partial charge in [0, 0.05) is 30.9 Å². The van der Waals surface area contributed by atoms with Crippen molar-refractivity contribution in [1.82, 2.24) is 24.5 Å². The number of hydrogen-bond acceptors (Lipinski definition) is 3. The number of aromatic amines is 2. The van der Waals surface area contributed by atoms with E-state index in [-0.39, 0.29) is 5.56 Å². The normalized spacial score (nSPS) is 11.5. The van der Waals surface area contributed by atoms with Crippen molar-refractivity contribution in [3.8, 4) is 11.4 Å². The molecule has 5 aromatic rings. The molecular weight excluding hydrogens is 350 g/mol. The van der Waals surface area contributed by atoms with Crippen LogP contribution in [0.2, 0.25) is 0 Å². The van der Waals surface area contributed by atoms with E-state index in [1.165, 1.54) is 0 Å². The fourth-order valence-electron chi connectivity index (χ4n) is 3.62. The van der Waals surface area contributed by atoms with Crippen LogP contribution in [0.5, 0.6) is 0 Å². The molecule has 0 radical (unpaired) electrons. The SMILES string of the molecule is Cc1cccc2[nH]c(CCn3ccnc3-c3cc4ccccc4[nH]c3=O)nc12. The number of fused-ring (bicyclic) bond motifs is 2. The molecule has 0 bridgehead atoms. The minimum Gasteiger partial charge on any atom is -0.342 e. The van der Waals surface area contributed by atoms with E-state index in [0.29, 0.717) is 17.9 Å². The zero-order valence-electron chi connectivity index (χ0n) is 15.4. The summed E-state index contributed by atoms with van der Waals surface area (Å²) in [7, 11) is 0. The van der Waals surface area contributed by atoms with Crippen molar-refractivity contribution in [2.75, 3.05) is 0 Å². The summed E-state index contributed by atoms with van der Waals surface area (Å²) in [5.74, 6) is 1.59. The first-order valence-electron chi connectivity index (χ1n) is 9.27. The van der Waals surface area contributed by atoms with Crippen LogP contribution in [-0.4, -0.2) is 24.5 Å². The van der Waals surface area contributed by atoms with Gasteiger partial charge in [0.1, 0.15) is 11.6 Å². The van der Waals surface area contributed by atoms with E-state index in [1.807, 2.05) is 53.2 Å². The predicted octanol–water partition coefficient (Wildman–Crippen LogP) is 3.82. The van der Waals surface area contributed by atoms with Gasteiger partial charge in [-0.1, -0.05) is 30.3 Å². The van der Waals surface area contributed by atoms with Crippen LogP contribution >= 0.6 is 0 Å². The van der Waals surface area contributed by atoms with Crippen molar-refractivity contribution in [2.24, 2.45) is 0 Å². The Morgan fingerprint density at radius 2 is 1.89 bits per heavy atom. The molecule has 0 fully saturated rings. The van der Waals surface area contributed by atoms with E-state index in [4.69, 9.17) is 4.98 Å². The largest absolute Gasteiger partial charge is 0.342 e. The molecule has 0 aliphatic carbocycles. The Morgan fingerprint density at radius 3 is 2.79 bits per heavy atom.